The third kappa shape index (κ3) is 5.54. The number of hydrogen-bond donors (Lipinski definition) is 0. The van der Waals surface area contributed by atoms with E-state index in [1.165, 1.54) is 0 Å². The summed E-state index contributed by atoms with van der Waals surface area (Å²) in [6.07, 6.45) is 1.88. The normalized spacial score (nSPS) is 17.7. The summed E-state index contributed by atoms with van der Waals surface area (Å²) in [7, 11) is 0. The summed E-state index contributed by atoms with van der Waals surface area (Å²) in [5.41, 5.74) is -0.442. The van der Waals surface area contributed by atoms with Crippen LogP contribution in [0.4, 0.5) is 0 Å². The average molecular weight is 270 g/mol. The molecule has 0 saturated carbocycles. The zero-order chi connectivity index (χ0) is 15.5. The smallest absolute Gasteiger partial charge is 0.312 e. The molecule has 0 rings (SSSR count). The summed E-state index contributed by atoms with van der Waals surface area (Å²) in [5.74, 6) is 0.387. The van der Waals surface area contributed by atoms with Crippen molar-refractivity contribution in [1.29, 1.82) is 0 Å². The van der Waals surface area contributed by atoms with Crippen LogP contribution in [0.2, 0.25) is 0 Å². The van der Waals surface area contributed by atoms with Gasteiger partial charge in [0.05, 0.1) is 12.0 Å². The Labute approximate surface area is 120 Å². The summed E-state index contributed by atoms with van der Waals surface area (Å²) < 4.78 is 5.59. The van der Waals surface area contributed by atoms with Gasteiger partial charge in [0.25, 0.3) is 0 Å². The second kappa shape index (κ2) is 6.28. The van der Waals surface area contributed by atoms with Crippen molar-refractivity contribution in [3.05, 3.63) is 0 Å². The third-order valence-corrected chi connectivity index (χ3v) is 4.19. The summed E-state index contributed by atoms with van der Waals surface area (Å²) in [6.45, 7) is 19.7. The molecule has 2 heteroatoms. The molecule has 0 heterocycles. The molecular weight excluding hydrogens is 236 g/mol. The van der Waals surface area contributed by atoms with Crippen LogP contribution in [-0.4, -0.2) is 12.6 Å². The molecule has 19 heavy (non-hydrogen) atoms. The lowest BCUT2D eigenvalue weighted by Gasteiger charge is -2.43. The van der Waals surface area contributed by atoms with Gasteiger partial charge in [0, 0.05) is 0 Å². The quantitative estimate of drug-likeness (QED) is 0.652. The van der Waals surface area contributed by atoms with Gasteiger partial charge < -0.3 is 4.74 Å². The van der Waals surface area contributed by atoms with E-state index in [9.17, 15) is 4.79 Å². The Morgan fingerprint density at radius 3 is 1.84 bits per heavy atom. The molecule has 0 aromatic heterocycles. The Morgan fingerprint density at radius 1 is 1.05 bits per heavy atom. The van der Waals surface area contributed by atoms with Gasteiger partial charge in [0.15, 0.2) is 0 Å². The molecule has 2 atom stereocenters. The Hall–Kier alpha value is -0.530. The first-order valence-corrected chi connectivity index (χ1v) is 7.50. The number of esters is 1. The molecule has 0 radical (unpaired) electrons. The Kier molecular flexibility index (Phi) is 6.10. The summed E-state index contributed by atoms with van der Waals surface area (Å²) in [5, 5.41) is 0. The van der Waals surface area contributed by atoms with Crippen molar-refractivity contribution >= 4 is 5.97 Å². The van der Waals surface area contributed by atoms with E-state index in [-0.39, 0.29) is 16.8 Å². The van der Waals surface area contributed by atoms with Crippen molar-refractivity contribution in [3.8, 4) is 0 Å². The van der Waals surface area contributed by atoms with E-state index in [1.54, 1.807) is 0 Å². The van der Waals surface area contributed by atoms with Crippen LogP contribution >= 0.6 is 0 Å². The largest absolute Gasteiger partial charge is 0.465 e. The second-order valence-corrected chi connectivity index (χ2v) is 8.43. The molecule has 0 aliphatic carbocycles. The van der Waals surface area contributed by atoms with E-state index in [1.807, 2.05) is 0 Å². The first-order valence-electron chi connectivity index (χ1n) is 7.50. The second-order valence-electron chi connectivity index (χ2n) is 8.43. The van der Waals surface area contributed by atoms with Gasteiger partial charge in [-0.05, 0) is 30.1 Å². The summed E-state index contributed by atoms with van der Waals surface area (Å²) in [4.78, 5) is 12.6. The van der Waals surface area contributed by atoms with Crippen LogP contribution in [0.5, 0.6) is 0 Å². The van der Waals surface area contributed by atoms with Gasteiger partial charge in [-0.15, -0.1) is 0 Å². The van der Waals surface area contributed by atoms with Crippen molar-refractivity contribution in [3.63, 3.8) is 0 Å². The number of rotatable bonds is 5. The van der Waals surface area contributed by atoms with E-state index < -0.39 is 5.41 Å². The maximum atomic E-state index is 12.6. The van der Waals surface area contributed by atoms with Crippen molar-refractivity contribution in [2.45, 2.75) is 75.2 Å². The molecule has 0 fully saturated rings. The molecule has 0 bridgehead atoms. The SMILES string of the molecule is CCC(C)COC(=O)C(C)(CC(C)(C)C)C(C)(C)C. The van der Waals surface area contributed by atoms with Gasteiger partial charge in [-0.1, -0.05) is 61.8 Å². The molecule has 0 aromatic rings. The predicted molar refractivity (Wildman–Crippen MR) is 82.0 cm³/mol. The average Bonchev–Trinajstić information content (AvgIpc) is 2.21. The molecule has 2 unspecified atom stereocenters. The van der Waals surface area contributed by atoms with Crippen LogP contribution in [0.1, 0.15) is 75.2 Å². The van der Waals surface area contributed by atoms with Gasteiger partial charge >= 0.3 is 5.97 Å². The van der Waals surface area contributed by atoms with Gasteiger partial charge in [0.2, 0.25) is 0 Å². The molecule has 0 aliphatic heterocycles. The summed E-state index contributed by atoms with van der Waals surface area (Å²) in [6, 6.07) is 0. The monoisotopic (exact) mass is 270 g/mol. The standard InChI is InChI=1S/C17H34O2/c1-10-13(2)11-19-14(18)17(9,16(6,7)8)12-15(3,4)5/h13H,10-12H2,1-9H3. The van der Waals surface area contributed by atoms with Crippen LogP contribution in [0.25, 0.3) is 0 Å². The maximum Gasteiger partial charge on any atom is 0.312 e. The Bertz CT molecular complexity index is 293. The van der Waals surface area contributed by atoms with E-state index >= 15 is 0 Å². The first kappa shape index (κ1) is 18.5. The molecule has 2 nitrogen and oxygen atoms in total. The van der Waals surface area contributed by atoms with Crippen LogP contribution in [0.3, 0.4) is 0 Å². The fraction of sp³-hybridized carbons (Fsp3) is 0.941. The molecule has 0 N–H and O–H groups in total. The van der Waals surface area contributed by atoms with E-state index in [4.69, 9.17) is 4.74 Å². The van der Waals surface area contributed by atoms with Gasteiger partial charge in [-0.25, -0.2) is 0 Å². The molecule has 0 amide bonds. The minimum atomic E-state index is -0.446. The number of carbonyl (C=O) groups is 1. The number of carbonyl (C=O) groups excluding carboxylic acids is 1. The van der Waals surface area contributed by atoms with Crippen LogP contribution in [-0.2, 0) is 9.53 Å². The topological polar surface area (TPSA) is 26.3 Å². The molecule has 114 valence electrons. The zero-order valence-electron chi connectivity index (χ0n) is 14.5. The fourth-order valence-corrected chi connectivity index (χ4v) is 2.20. The van der Waals surface area contributed by atoms with Crippen molar-refractivity contribution in [1.82, 2.24) is 0 Å². The number of ether oxygens (including phenoxy) is 1. The first-order chi connectivity index (χ1) is 8.33. The lowest BCUT2D eigenvalue weighted by atomic mass is 9.61. The van der Waals surface area contributed by atoms with Crippen molar-refractivity contribution in [2.24, 2.45) is 22.2 Å². The highest BCUT2D eigenvalue weighted by atomic mass is 16.5. The third-order valence-electron chi connectivity index (χ3n) is 4.19. The van der Waals surface area contributed by atoms with Gasteiger partial charge in [-0.3, -0.25) is 4.79 Å². The molecule has 0 aliphatic rings. The molecule has 0 aromatic carbocycles. The van der Waals surface area contributed by atoms with E-state index in [0.29, 0.717) is 12.5 Å². The lowest BCUT2D eigenvalue weighted by molar-refractivity contribution is -0.166. The van der Waals surface area contributed by atoms with Gasteiger partial charge in [0.1, 0.15) is 0 Å². The molecule has 0 saturated heterocycles. The predicted octanol–water partition coefficient (Wildman–Crippen LogP) is 5.06. The van der Waals surface area contributed by atoms with Gasteiger partial charge in [-0.2, -0.15) is 0 Å². The minimum absolute atomic E-state index is 0.0461. The highest BCUT2D eigenvalue weighted by Crippen LogP contribution is 2.47. The van der Waals surface area contributed by atoms with Crippen LogP contribution < -0.4 is 0 Å². The van der Waals surface area contributed by atoms with Crippen molar-refractivity contribution < 1.29 is 9.53 Å². The van der Waals surface area contributed by atoms with Crippen LogP contribution in [0, 0.1) is 22.2 Å². The molecular formula is C17H34O2. The van der Waals surface area contributed by atoms with Crippen molar-refractivity contribution in [2.75, 3.05) is 6.61 Å². The Balaban J connectivity index is 5.01. The van der Waals surface area contributed by atoms with E-state index in [0.717, 1.165) is 12.8 Å². The summed E-state index contributed by atoms with van der Waals surface area (Å²) >= 11 is 0. The highest BCUT2D eigenvalue weighted by Gasteiger charge is 2.47. The van der Waals surface area contributed by atoms with E-state index in [2.05, 4.69) is 62.3 Å². The lowest BCUT2D eigenvalue weighted by Crippen LogP contribution is -2.44. The molecule has 0 spiro atoms. The number of hydrogen-bond acceptors (Lipinski definition) is 2. The highest BCUT2D eigenvalue weighted by molar-refractivity contribution is 5.77. The maximum absolute atomic E-state index is 12.6. The zero-order valence-corrected chi connectivity index (χ0v) is 14.5. The fourth-order valence-electron chi connectivity index (χ4n) is 2.20. The Morgan fingerprint density at radius 2 is 1.53 bits per heavy atom. The minimum Gasteiger partial charge on any atom is -0.465 e. The van der Waals surface area contributed by atoms with Crippen LogP contribution in [0.15, 0.2) is 0 Å².